The van der Waals surface area contributed by atoms with Gasteiger partial charge in [0.2, 0.25) is 17.7 Å². The molecule has 0 radical (unpaired) electrons. The normalized spacial score (nSPS) is 22.9. The maximum absolute atomic E-state index is 12.9. The second-order valence-electron chi connectivity index (χ2n) is 7.74. The highest BCUT2D eigenvalue weighted by Crippen LogP contribution is 2.37. The number of phenolic OH excluding ortho intramolecular Hbond substituents is 1. The van der Waals surface area contributed by atoms with Crippen LogP contribution in [0, 0.1) is 17.8 Å². The number of rotatable bonds is 6. The summed E-state index contributed by atoms with van der Waals surface area (Å²) in [5, 5.41) is 12.4. The molecular weight excluding hydrogens is 344 g/mol. The largest absolute Gasteiger partial charge is 0.508 e. The Morgan fingerprint density at radius 2 is 1.81 bits per heavy atom. The van der Waals surface area contributed by atoms with Crippen molar-refractivity contribution in [3.8, 4) is 5.75 Å². The number of fused-ring (bicyclic) bond motifs is 1. The van der Waals surface area contributed by atoms with Crippen LogP contribution in [-0.2, 0) is 20.9 Å². The molecule has 1 fully saturated rings. The summed E-state index contributed by atoms with van der Waals surface area (Å²) in [5.74, 6) is -1.18. The lowest BCUT2D eigenvalue weighted by atomic mass is 9.85. The van der Waals surface area contributed by atoms with Crippen molar-refractivity contribution in [1.82, 2.24) is 10.2 Å². The Morgan fingerprint density at radius 1 is 1.19 bits per heavy atom. The molecule has 2 aliphatic rings. The molecule has 0 saturated carbocycles. The van der Waals surface area contributed by atoms with E-state index >= 15 is 0 Å². The van der Waals surface area contributed by atoms with Gasteiger partial charge in [0.1, 0.15) is 11.8 Å². The molecule has 1 aliphatic heterocycles. The van der Waals surface area contributed by atoms with Crippen molar-refractivity contribution in [2.24, 2.45) is 17.8 Å². The molecule has 144 valence electrons. The Hall–Kier alpha value is -2.63. The Bertz CT molecular complexity index is 745. The molecule has 1 aromatic carbocycles. The van der Waals surface area contributed by atoms with E-state index in [9.17, 15) is 19.5 Å². The minimum Gasteiger partial charge on any atom is -0.508 e. The van der Waals surface area contributed by atoms with E-state index in [1.807, 2.05) is 26.0 Å². The van der Waals surface area contributed by atoms with E-state index in [2.05, 4.69) is 5.32 Å². The molecule has 1 aromatic rings. The number of aromatic hydroxyl groups is 1. The minimum absolute atomic E-state index is 0.127. The monoisotopic (exact) mass is 370 g/mol. The van der Waals surface area contributed by atoms with Gasteiger partial charge in [-0.05, 0) is 42.9 Å². The number of likely N-dealkylation sites (tertiary alicyclic amines) is 1. The molecule has 3 rings (SSSR count). The van der Waals surface area contributed by atoms with E-state index in [1.54, 1.807) is 24.3 Å². The Balaban J connectivity index is 1.76. The van der Waals surface area contributed by atoms with Gasteiger partial charge >= 0.3 is 0 Å². The third-order valence-corrected chi connectivity index (χ3v) is 5.23. The lowest BCUT2D eigenvalue weighted by Gasteiger charge is -2.27. The smallest absolute Gasteiger partial charge is 0.243 e. The number of imide groups is 1. The minimum atomic E-state index is -0.798. The molecule has 3 amide bonds. The fourth-order valence-electron chi connectivity index (χ4n) is 3.88. The predicted molar refractivity (Wildman–Crippen MR) is 100 cm³/mol. The average Bonchev–Trinajstić information content (AvgIpc) is 2.89. The third-order valence-electron chi connectivity index (χ3n) is 5.23. The van der Waals surface area contributed by atoms with Gasteiger partial charge in [0.05, 0.1) is 11.8 Å². The fraction of sp³-hybridized carbons (Fsp3) is 0.476. The molecule has 3 atom stereocenters. The van der Waals surface area contributed by atoms with Crippen molar-refractivity contribution in [2.45, 2.75) is 45.7 Å². The Labute approximate surface area is 159 Å². The van der Waals surface area contributed by atoms with Crippen LogP contribution in [0.4, 0.5) is 0 Å². The summed E-state index contributed by atoms with van der Waals surface area (Å²) in [6, 6.07) is 5.83. The summed E-state index contributed by atoms with van der Waals surface area (Å²) in [6.07, 6.45) is 5.43. The van der Waals surface area contributed by atoms with E-state index in [4.69, 9.17) is 0 Å². The average molecular weight is 370 g/mol. The Morgan fingerprint density at radius 3 is 2.37 bits per heavy atom. The maximum Gasteiger partial charge on any atom is 0.243 e. The molecule has 1 heterocycles. The first-order valence-electron chi connectivity index (χ1n) is 9.46. The van der Waals surface area contributed by atoms with E-state index in [0.717, 1.165) is 5.56 Å². The summed E-state index contributed by atoms with van der Waals surface area (Å²) in [7, 11) is 0. The highest BCUT2D eigenvalue weighted by molar-refractivity contribution is 6.08. The van der Waals surface area contributed by atoms with Crippen molar-refractivity contribution < 1.29 is 19.5 Å². The van der Waals surface area contributed by atoms with Crippen LogP contribution in [0.5, 0.6) is 5.75 Å². The summed E-state index contributed by atoms with van der Waals surface area (Å²) >= 11 is 0. The standard InChI is InChI=1S/C21H26N2O4/c1-13(2)10-18(19(25)22-12-14-6-5-7-15(24)11-14)23-20(26)16-8-3-4-9-17(16)21(23)27/h3-7,11,13,16-18,24H,8-10,12H2,1-2H3,(H,22,25)/t16-,17+,18-/m0/s1. The van der Waals surface area contributed by atoms with E-state index in [-0.39, 0.29) is 47.8 Å². The second kappa shape index (κ2) is 7.94. The molecule has 6 nitrogen and oxygen atoms in total. The van der Waals surface area contributed by atoms with Gasteiger partial charge in [0.25, 0.3) is 0 Å². The van der Waals surface area contributed by atoms with Crippen molar-refractivity contribution in [2.75, 3.05) is 0 Å². The van der Waals surface area contributed by atoms with Crippen molar-refractivity contribution in [3.63, 3.8) is 0 Å². The number of allylic oxidation sites excluding steroid dienone is 2. The van der Waals surface area contributed by atoms with Crippen LogP contribution >= 0.6 is 0 Å². The van der Waals surface area contributed by atoms with E-state index < -0.39 is 6.04 Å². The number of phenols is 1. The number of amides is 3. The van der Waals surface area contributed by atoms with Crippen LogP contribution in [0.3, 0.4) is 0 Å². The summed E-state index contributed by atoms with van der Waals surface area (Å²) in [6.45, 7) is 4.16. The molecule has 0 unspecified atom stereocenters. The lowest BCUT2D eigenvalue weighted by molar-refractivity contribution is -0.148. The van der Waals surface area contributed by atoms with Gasteiger partial charge in [-0.25, -0.2) is 0 Å². The molecular formula is C21H26N2O4. The molecule has 0 bridgehead atoms. The van der Waals surface area contributed by atoms with Crippen LogP contribution in [-0.4, -0.2) is 33.8 Å². The molecule has 1 saturated heterocycles. The number of hydrogen-bond acceptors (Lipinski definition) is 4. The molecule has 1 aliphatic carbocycles. The number of carbonyl (C=O) groups excluding carboxylic acids is 3. The van der Waals surface area contributed by atoms with Crippen molar-refractivity contribution >= 4 is 17.7 Å². The number of nitrogens with one attached hydrogen (secondary N) is 1. The molecule has 27 heavy (non-hydrogen) atoms. The molecule has 0 spiro atoms. The zero-order valence-corrected chi connectivity index (χ0v) is 15.7. The van der Waals surface area contributed by atoms with Crippen LogP contribution in [0.1, 0.15) is 38.7 Å². The lowest BCUT2D eigenvalue weighted by Crippen LogP contribution is -2.50. The fourth-order valence-corrected chi connectivity index (χ4v) is 3.88. The molecule has 2 N–H and O–H groups in total. The highest BCUT2D eigenvalue weighted by Gasteiger charge is 2.51. The van der Waals surface area contributed by atoms with Gasteiger partial charge in [-0.2, -0.15) is 0 Å². The van der Waals surface area contributed by atoms with Gasteiger partial charge in [-0.3, -0.25) is 19.3 Å². The summed E-state index contributed by atoms with van der Waals surface area (Å²) < 4.78 is 0. The quantitative estimate of drug-likeness (QED) is 0.595. The number of hydrogen-bond donors (Lipinski definition) is 2. The molecule has 0 aromatic heterocycles. The zero-order chi connectivity index (χ0) is 19.6. The number of carbonyl (C=O) groups is 3. The van der Waals surface area contributed by atoms with Gasteiger partial charge < -0.3 is 10.4 Å². The second-order valence-corrected chi connectivity index (χ2v) is 7.74. The topological polar surface area (TPSA) is 86.7 Å². The van der Waals surface area contributed by atoms with Crippen LogP contribution in [0.25, 0.3) is 0 Å². The van der Waals surface area contributed by atoms with Crippen LogP contribution in [0.2, 0.25) is 0 Å². The number of benzene rings is 1. The Kier molecular flexibility index (Phi) is 5.63. The third kappa shape index (κ3) is 4.04. The SMILES string of the molecule is CC(C)C[C@@H](C(=O)NCc1cccc(O)c1)N1C(=O)[C@H]2CC=CC[C@H]2C1=O. The van der Waals surface area contributed by atoms with E-state index in [0.29, 0.717) is 19.3 Å². The summed E-state index contributed by atoms with van der Waals surface area (Å²) in [5.41, 5.74) is 0.753. The van der Waals surface area contributed by atoms with Gasteiger partial charge in [-0.1, -0.05) is 38.1 Å². The first-order valence-corrected chi connectivity index (χ1v) is 9.46. The predicted octanol–water partition coefficient (Wildman–Crippen LogP) is 2.37. The van der Waals surface area contributed by atoms with Crippen LogP contribution < -0.4 is 5.32 Å². The van der Waals surface area contributed by atoms with Crippen molar-refractivity contribution in [1.29, 1.82) is 0 Å². The number of nitrogens with zero attached hydrogens (tertiary/aromatic N) is 1. The summed E-state index contributed by atoms with van der Waals surface area (Å²) in [4.78, 5) is 39.8. The first-order chi connectivity index (χ1) is 12.9. The first kappa shape index (κ1) is 19.1. The highest BCUT2D eigenvalue weighted by atomic mass is 16.3. The van der Waals surface area contributed by atoms with Gasteiger partial charge in [0, 0.05) is 6.54 Å². The van der Waals surface area contributed by atoms with E-state index in [1.165, 1.54) is 4.90 Å². The van der Waals surface area contributed by atoms with Crippen LogP contribution in [0.15, 0.2) is 36.4 Å². The van der Waals surface area contributed by atoms with Gasteiger partial charge in [0.15, 0.2) is 0 Å². The van der Waals surface area contributed by atoms with Crippen molar-refractivity contribution in [3.05, 3.63) is 42.0 Å². The maximum atomic E-state index is 12.9. The molecule has 6 heteroatoms. The zero-order valence-electron chi connectivity index (χ0n) is 15.7. The van der Waals surface area contributed by atoms with Gasteiger partial charge in [-0.15, -0.1) is 0 Å².